The third-order valence-corrected chi connectivity index (χ3v) is 6.29. The fourth-order valence-electron chi connectivity index (χ4n) is 4.36. The zero-order valence-corrected chi connectivity index (χ0v) is 21.0. The van der Waals surface area contributed by atoms with Crippen LogP contribution in [-0.2, 0) is 23.6 Å². The molecule has 0 radical (unpaired) electrons. The van der Waals surface area contributed by atoms with E-state index in [1.807, 2.05) is 12.1 Å². The quantitative estimate of drug-likeness (QED) is 0.476. The van der Waals surface area contributed by atoms with E-state index < -0.39 is 12.5 Å². The summed E-state index contributed by atoms with van der Waals surface area (Å²) >= 11 is 0. The number of alkyl halides is 2. The molecule has 0 N–H and O–H groups in total. The number of hydrogen-bond donors (Lipinski definition) is 0. The van der Waals surface area contributed by atoms with Crippen molar-refractivity contribution >= 4 is 5.91 Å². The second-order valence-corrected chi connectivity index (χ2v) is 8.65. The van der Waals surface area contributed by atoms with Crippen molar-refractivity contribution in [1.82, 2.24) is 9.80 Å². The first-order chi connectivity index (χ1) is 16.7. The smallest absolute Gasteiger partial charge is 0.285 e. The summed E-state index contributed by atoms with van der Waals surface area (Å²) in [5.41, 5.74) is 1.86. The maximum Gasteiger partial charge on any atom is 0.285 e. The highest BCUT2D eigenvalue weighted by Gasteiger charge is 2.34. The summed E-state index contributed by atoms with van der Waals surface area (Å²) in [6.07, 6.45) is 1.57. The highest BCUT2D eigenvalue weighted by molar-refractivity contribution is 5.80. The molecule has 2 aromatic carbocycles. The molecule has 7 nitrogen and oxygen atoms in total. The molecule has 0 saturated carbocycles. The molecule has 0 aromatic heterocycles. The highest BCUT2D eigenvalue weighted by Crippen LogP contribution is 2.36. The molecule has 0 bridgehead atoms. The molecule has 0 unspecified atom stereocenters. The summed E-state index contributed by atoms with van der Waals surface area (Å²) in [7, 11) is 7.70. The number of hydrogen-bond acceptors (Lipinski definition) is 6. The Hall–Kier alpha value is -3.07. The Morgan fingerprint density at radius 2 is 1.51 bits per heavy atom. The van der Waals surface area contributed by atoms with Crippen LogP contribution in [0.15, 0.2) is 30.3 Å². The van der Waals surface area contributed by atoms with E-state index in [0.717, 1.165) is 11.1 Å². The van der Waals surface area contributed by atoms with E-state index in [0.29, 0.717) is 49.7 Å². The van der Waals surface area contributed by atoms with E-state index in [9.17, 15) is 13.6 Å². The molecule has 35 heavy (non-hydrogen) atoms. The second-order valence-electron chi connectivity index (χ2n) is 8.65. The lowest BCUT2D eigenvalue weighted by atomic mass is 10.0. The largest absolute Gasteiger partial charge is 0.493 e. The van der Waals surface area contributed by atoms with Crippen LogP contribution in [0.3, 0.4) is 0 Å². The van der Waals surface area contributed by atoms with Gasteiger partial charge in [0.25, 0.3) is 5.92 Å². The highest BCUT2D eigenvalue weighted by atomic mass is 19.3. The van der Waals surface area contributed by atoms with Gasteiger partial charge in [-0.3, -0.25) is 4.79 Å². The lowest BCUT2D eigenvalue weighted by Gasteiger charge is -2.26. The number of fused-ring (bicyclic) bond motifs is 1. The minimum atomic E-state index is -3.06. The first-order valence-corrected chi connectivity index (χ1v) is 11.5. The minimum Gasteiger partial charge on any atom is -0.493 e. The van der Waals surface area contributed by atoms with Crippen molar-refractivity contribution in [3.63, 3.8) is 0 Å². The molecule has 1 aliphatic rings. The number of nitrogens with zero attached hydrogens (tertiary/aromatic N) is 2. The number of carbonyl (C=O) groups excluding carboxylic acids is 1. The Labute approximate surface area is 205 Å². The van der Waals surface area contributed by atoms with Crippen LogP contribution in [-0.4, -0.2) is 77.4 Å². The molecule has 0 aliphatic carbocycles. The van der Waals surface area contributed by atoms with E-state index in [1.165, 1.54) is 32.4 Å². The van der Waals surface area contributed by atoms with Crippen LogP contribution in [0.1, 0.15) is 23.1 Å². The molecule has 1 heterocycles. The van der Waals surface area contributed by atoms with Crippen molar-refractivity contribution in [1.29, 1.82) is 0 Å². The molecular weight excluding hydrogens is 458 g/mol. The summed E-state index contributed by atoms with van der Waals surface area (Å²) in [5.74, 6) is -1.13. The Balaban J connectivity index is 1.55. The summed E-state index contributed by atoms with van der Waals surface area (Å²) in [6, 6.07) is 7.93. The summed E-state index contributed by atoms with van der Waals surface area (Å²) in [5, 5.41) is 0. The summed E-state index contributed by atoms with van der Waals surface area (Å²) in [6.45, 7) is 1.07. The molecule has 192 valence electrons. The Morgan fingerprint density at radius 1 is 0.914 bits per heavy atom. The molecule has 3 rings (SSSR count). The van der Waals surface area contributed by atoms with Gasteiger partial charge in [0.1, 0.15) is 0 Å². The number of methoxy groups -OCH3 is 4. The molecule has 0 atom stereocenters. The van der Waals surface area contributed by atoms with Crippen LogP contribution in [0.4, 0.5) is 8.78 Å². The molecule has 9 heteroatoms. The number of benzene rings is 2. The molecule has 0 spiro atoms. The maximum atomic E-state index is 14.9. The Kier molecular flexibility index (Phi) is 8.77. The topological polar surface area (TPSA) is 60.5 Å². The van der Waals surface area contributed by atoms with E-state index in [2.05, 4.69) is 0 Å². The molecule has 1 amide bonds. The zero-order chi connectivity index (χ0) is 25.6. The van der Waals surface area contributed by atoms with Crippen molar-refractivity contribution in [2.45, 2.75) is 25.2 Å². The normalized spacial score (nSPS) is 13.9. The van der Waals surface area contributed by atoms with Crippen LogP contribution in [0.5, 0.6) is 23.0 Å². The Bertz CT molecular complexity index is 1030. The third kappa shape index (κ3) is 6.33. The molecule has 1 aliphatic heterocycles. The van der Waals surface area contributed by atoms with Crippen LogP contribution in [0.2, 0.25) is 0 Å². The number of amides is 1. The van der Waals surface area contributed by atoms with E-state index >= 15 is 0 Å². The van der Waals surface area contributed by atoms with Crippen LogP contribution in [0.25, 0.3) is 0 Å². The van der Waals surface area contributed by atoms with Gasteiger partial charge in [0, 0.05) is 18.7 Å². The van der Waals surface area contributed by atoms with E-state index in [-0.39, 0.29) is 23.6 Å². The fraction of sp³-hybridized carbons (Fsp3) is 0.500. The van der Waals surface area contributed by atoms with E-state index in [1.54, 1.807) is 31.1 Å². The van der Waals surface area contributed by atoms with Gasteiger partial charge < -0.3 is 28.7 Å². The van der Waals surface area contributed by atoms with Crippen molar-refractivity contribution in [3.05, 3.63) is 47.0 Å². The van der Waals surface area contributed by atoms with Crippen molar-refractivity contribution in [3.8, 4) is 23.0 Å². The predicted octanol–water partition coefficient (Wildman–Crippen LogP) is 3.76. The molecular formula is C26H34F2N2O5. The van der Waals surface area contributed by atoms with Gasteiger partial charge >= 0.3 is 0 Å². The fourth-order valence-corrected chi connectivity index (χ4v) is 4.36. The maximum absolute atomic E-state index is 14.9. The summed E-state index contributed by atoms with van der Waals surface area (Å²) < 4.78 is 50.8. The van der Waals surface area contributed by atoms with E-state index in [4.69, 9.17) is 18.9 Å². The minimum absolute atomic E-state index is 0.0225. The molecule has 0 saturated heterocycles. The standard InChI is InChI=1S/C26H34F2N2O5/c1-29(17-26(27,28)20-7-8-21(32-2)24(16-20)35-5)10-6-11-30-12-9-18-13-22(33-3)23(34-4)14-19(18)15-25(30)31/h7-8,13-14,16H,6,9-12,15,17H2,1-5H3. The van der Waals surface area contributed by atoms with Crippen LogP contribution >= 0.6 is 0 Å². The van der Waals surface area contributed by atoms with Gasteiger partial charge in [-0.2, -0.15) is 8.78 Å². The number of likely N-dealkylation sites (N-methyl/N-ethyl adjacent to an activating group) is 1. The van der Waals surface area contributed by atoms with Gasteiger partial charge in [-0.1, -0.05) is 0 Å². The van der Waals surface area contributed by atoms with Crippen molar-refractivity contribution in [2.75, 3.05) is 61.7 Å². The lowest BCUT2D eigenvalue weighted by molar-refractivity contribution is -0.130. The first kappa shape index (κ1) is 26.5. The number of carbonyl (C=O) groups is 1. The third-order valence-electron chi connectivity index (χ3n) is 6.29. The number of rotatable bonds is 11. The summed E-state index contributed by atoms with van der Waals surface area (Å²) in [4.78, 5) is 16.2. The zero-order valence-electron chi connectivity index (χ0n) is 21.0. The molecule has 0 fully saturated rings. The van der Waals surface area contributed by atoms with Gasteiger partial charge in [-0.15, -0.1) is 0 Å². The SMILES string of the molecule is COc1ccc(C(F)(F)CN(C)CCCN2CCc3cc(OC)c(OC)cc3CC2=O)cc1OC. The van der Waals surface area contributed by atoms with Gasteiger partial charge in [0.15, 0.2) is 23.0 Å². The van der Waals surface area contributed by atoms with Crippen LogP contribution < -0.4 is 18.9 Å². The van der Waals surface area contributed by atoms with Gasteiger partial charge in [0.05, 0.1) is 41.4 Å². The van der Waals surface area contributed by atoms with Gasteiger partial charge in [-0.05, 0) is 67.9 Å². The number of halogens is 2. The average Bonchev–Trinajstić information content (AvgIpc) is 2.99. The number of ether oxygens (including phenoxy) is 4. The van der Waals surface area contributed by atoms with Crippen molar-refractivity contribution < 1.29 is 32.5 Å². The van der Waals surface area contributed by atoms with Crippen molar-refractivity contribution in [2.24, 2.45) is 0 Å². The second kappa shape index (κ2) is 11.6. The van der Waals surface area contributed by atoms with Gasteiger partial charge in [-0.25, -0.2) is 0 Å². The van der Waals surface area contributed by atoms with Gasteiger partial charge in [0.2, 0.25) is 5.91 Å². The molecule has 2 aromatic rings. The average molecular weight is 493 g/mol. The first-order valence-electron chi connectivity index (χ1n) is 11.5. The predicted molar refractivity (Wildman–Crippen MR) is 129 cm³/mol. The van der Waals surface area contributed by atoms with Crippen LogP contribution in [0, 0.1) is 0 Å². The monoisotopic (exact) mass is 492 g/mol. The lowest BCUT2D eigenvalue weighted by Crippen LogP contribution is -2.37. The Morgan fingerprint density at radius 3 is 2.14 bits per heavy atom.